The molecule has 5 heteroatoms. The number of hydrogen-bond donors (Lipinski definition) is 3. The highest BCUT2D eigenvalue weighted by molar-refractivity contribution is 4.88. The summed E-state index contributed by atoms with van der Waals surface area (Å²) in [7, 11) is 0. The Morgan fingerprint density at radius 2 is 1.65 bits per heavy atom. The van der Waals surface area contributed by atoms with Crippen molar-refractivity contribution in [3.63, 3.8) is 0 Å². The molecule has 1 saturated heterocycles. The van der Waals surface area contributed by atoms with Crippen LogP contribution in [0.4, 0.5) is 0 Å². The molecule has 0 saturated carbocycles. The lowest BCUT2D eigenvalue weighted by Crippen LogP contribution is -2.42. The predicted molar refractivity (Wildman–Crippen MR) is 90.3 cm³/mol. The Morgan fingerprint density at radius 1 is 1.04 bits per heavy atom. The smallest absolute Gasteiger partial charge is 0.114 e. The number of hydrogen-bond acceptors (Lipinski definition) is 5. The number of ether oxygens (including phenoxy) is 2. The second-order valence-electron chi connectivity index (χ2n) is 6.35. The highest BCUT2D eigenvalue weighted by atomic mass is 16.6. The van der Waals surface area contributed by atoms with Crippen molar-refractivity contribution in [2.24, 2.45) is 0 Å². The first-order valence-corrected chi connectivity index (χ1v) is 9.01. The largest absolute Gasteiger partial charge is 0.394 e. The third-order valence-corrected chi connectivity index (χ3v) is 4.37. The number of allylic oxidation sites excluding steroid dienone is 1. The first kappa shape index (κ1) is 20.6. The van der Waals surface area contributed by atoms with Crippen LogP contribution in [-0.4, -0.2) is 59.6 Å². The van der Waals surface area contributed by atoms with Crippen LogP contribution in [-0.2, 0) is 9.47 Å². The maximum absolute atomic E-state index is 9.76. The van der Waals surface area contributed by atoms with E-state index in [0.29, 0.717) is 6.61 Å². The summed E-state index contributed by atoms with van der Waals surface area (Å²) in [6, 6.07) is 0. The minimum Gasteiger partial charge on any atom is -0.394 e. The molecule has 0 unspecified atom stereocenters. The minimum atomic E-state index is -0.978. The molecular formula is C18H34O5. The Hall–Kier alpha value is -0.460. The number of unbranched alkanes of at least 4 members (excludes halogenated alkanes) is 8. The molecule has 0 radical (unpaired) electrons. The highest BCUT2D eigenvalue weighted by Gasteiger charge is 2.40. The van der Waals surface area contributed by atoms with E-state index in [9.17, 15) is 15.3 Å². The molecule has 1 aliphatic rings. The Morgan fingerprint density at radius 3 is 2.17 bits per heavy atom. The second-order valence-corrected chi connectivity index (χ2v) is 6.35. The maximum Gasteiger partial charge on any atom is 0.114 e. The first-order valence-electron chi connectivity index (χ1n) is 9.01. The third kappa shape index (κ3) is 8.27. The number of aliphatic hydroxyl groups excluding tert-OH is 3. The maximum atomic E-state index is 9.76. The number of aliphatic hydroxyl groups is 3. The van der Waals surface area contributed by atoms with E-state index in [0.717, 1.165) is 19.3 Å². The van der Waals surface area contributed by atoms with Gasteiger partial charge in [-0.1, -0.05) is 44.6 Å². The average Bonchev–Trinajstić information content (AvgIpc) is 2.88. The highest BCUT2D eigenvalue weighted by Crippen LogP contribution is 2.20. The van der Waals surface area contributed by atoms with Gasteiger partial charge in [0, 0.05) is 6.61 Å². The van der Waals surface area contributed by atoms with Gasteiger partial charge >= 0.3 is 0 Å². The van der Waals surface area contributed by atoms with E-state index in [1.807, 2.05) is 6.08 Å². The van der Waals surface area contributed by atoms with Crippen molar-refractivity contribution in [2.45, 2.75) is 82.2 Å². The summed E-state index contributed by atoms with van der Waals surface area (Å²) in [5.41, 5.74) is 0. The van der Waals surface area contributed by atoms with Gasteiger partial charge in [0.2, 0.25) is 0 Å². The van der Waals surface area contributed by atoms with Crippen LogP contribution in [0, 0.1) is 0 Å². The van der Waals surface area contributed by atoms with Crippen LogP contribution in [0.1, 0.15) is 57.8 Å². The molecule has 0 aromatic carbocycles. The van der Waals surface area contributed by atoms with Crippen molar-refractivity contribution in [1.29, 1.82) is 0 Å². The quantitative estimate of drug-likeness (QED) is 0.336. The zero-order valence-corrected chi connectivity index (χ0v) is 14.2. The van der Waals surface area contributed by atoms with Crippen molar-refractivity contribution in [3.05, 3.63) is 12.7 Å². The van der Waals surface area contributed by atoms with Crippen molar-refractivity contribution in [2.75, 3.05) is 19.8 Å². The van der Waals surface area contributed by atoms with Gasteiger partial charge in [-0.15, -0.1) is 6.58 Å². The van der Waals surface area contributed by atoms with Crippen LogP contribution < -0.4 is 0 Å². The Bertz CT molecular complexity index is 297. The Labute approximate surface area is 140 Å². The lowest BCUT2D eigenvalue weighted by molar-refractivity contribution is -0.101. The SMILES string of the molecule is C=CCCCCCCCCCCO[C@H](CO)[C@H]1OC[C@H](O)[C@H]1O. The zero-order chi connectivity index (χ0) is 16.9. The molecule has 0 aromatic heterocycles. The Kier molecular flexibility index (Phi) is 11.5. The van der Waals surface area contributed by atoms with Crippen LogP contribution >= 0.6 is 0 Å². The number of rotatable bonds is 14. The van der Waals surface area contributed by atoms with Gasteiger partial charge in [-0.25, -0.2) is 0 Å². The van der Waals surface area contributed by atoms with Crippen LogP contribution in [0.25, 0.3) is 0 Å². The van der Waals surface area contributed by atoms with Crippen molar-refractivity contribution >= 4 is 0 Å². The fourth-order valence-corrected chi connectivity index (χ4v) is 2.89. The molecule has 0 spiro atoms. The minimum absolute atomic E-state index is 0.0957. The van der Waals surface area contributed by atoms with Crippen LogP contribution in [0.5, 0.6) is 0 Å². The molecule has 1 fully saturated rings. The summed E-state index contributed by atoms with van der Waals surface area (Å²) < 4.78 is 10.9. The third-order valence-electron chi connectivity index (χ3n) is 4.37. The molecule has 1 heterocycles. The Balaban J connectivity index is 1.96. The molecule has 1 rings (SSSR count). The predicted octanol–water partition coefficient (Wildman–Crippen LogP) is 2.18. The van der Waals surface area contributed by atoms with Gasteiger partial charge in [-0.2, -0.15) is 0 Å². The van der Waals surface area contributed by atoms with Gasteiger partial charge in [0.25, 0.3) is 0 Å². The van der Waals surface area contributed by atoms with Gasteiger partial charge in [-0.3, -0.25) is 0 Å². The van der Waals surface area contributed by atoms with Gasteiger partial charge in [0.15, 0.2) is 0 Å². The molecule has 0 amide bonds. The van der Waals surface area contributed by atoms with Gasteiger partial charge in [0.05, 0.1) is 13.2 Å². The van der Waals surface area contributed by atoms with Crippen LogP contribution in [0.2, 0.25) is 0 Å². The summed E-state index contributed by atoms with van der Waals surface area (Å²) >= 11 is 0. The van der Waals surface area contributed by atoms with Gasteiger partial charge < -0.3 is 24.8 Å². The molecular weight excluding hydrogens is 296 g/mol. The lowest BCUT2D eigenvalue weighted by atomic mass is 10.1. The molecule has 0 aliphatic carbocycles. The molecule has 0 aromatic rings. The summed E-state index contributed by atoms with van der Waals surface area (Å²) in [6.45, 7) is 4.16. The van der Waals surface area contributed by atoms with E-state index in [-0.39, 0.29) is 13.2 Å². The second kappa shape index (κ2) is 12.9. The summed E-state index contributed by atoms with van der Waals surface area (Å²) in [5, 5.41) is 28.6. The zero-order valence-electron chi connectivity index (χ0n) is 14.2. The average molecular weight is 330 g/mol. The van der Waals surface area contributed by atoms with Crippen molar-refractivity contribution in [1.82, 2.24) is 0 Å². The summed E-state index contributed by atoms with van der Waals surface area (Å²) in [5.74, 6) is 0. The van der Waals surface area contributed by atoms with E-state index in [1.54, 1.807) is 0 Å². The molecule has 1 aliphatic heterocycles. The van der Waals surface area contributed by atoms with E-state index in [1.165, 1.54) is 38.5 Å². The molecule has 5 nitrogen and oxygen atoms in total. The van der Waals surface area contributed by atoms with E-state index in [2.05, 4.69) is 6.58 Å². The fourth-order valence-electron chi connectivity index (χ4n) is 2.89. The van der Waals surface area contributed by atoms with E-state index in [4.69, 9.17) is 9.47 Å². The van der Waals surface area contributed by atoms with Crippen molar-refractivity contribution < 1.29 is 24.8 Å². The molecule has 23 heavy (non-hydrogen) atoms. The molecule has 4 atom stereocenters. The van der Waals surface area contributed by atoms with Crippen LogP contribution in [0.3, 0.4) is 0 Å². The molecule has 3 N–H and O–H groups in total. The topological polar surface area (TPSA) is 79.2 Å². The summed E-state index contributed by atoms with van der Waals surface area (Å²) in [4.78, 5) is 0. The van der Waals surface area contributed by atoms with Gasteiger partial charge in [0.1, 0.15) is 24.4 Å². The summed E-state index contributed by atoms with van der Waals surface area (Å²) in [6.07, 6.45) is 9.70. The fraction of sp³-hybridized carbons (Fsp3) is 0.889. The van der Waals surface area contributed by atoms with Gasteiger partial charge in [-0.05, 0) is 19.3 Å². The normalized spacial score (nSPS) is 25.6. The standard InChI is InChI=1S/C18H34O5/c1-2-3-4-5-6-7-8-9-10-11-12-22-16(13-19)18-17(21)15(20)14-23-18/h2,15-21H,1,3-14H2/t15-,16+,17+,18+/m0/s1. The molecule has 136 valence electrons. The van der Waals surface area contributed by atoms with Crippen LogP contribution in [0.15, 0.2) is 12.7 Å². The monoisotopic (exact) mass is 330 g/mol. The first-order chi connectivity index (χ1) is 11.2. The van der Waals surface area contributed by atoms with Crippen molar-refractivity contribution in [3.8, 4) is 0 Å². The van der Waals surface area contributed by atoms with E-state index >= 15 is 0 Å². The lowest BCUT2D eigenvalue weighted by Gasteiger charge is -2.24. The molecule has 0 bridgehead atoms. The van der Waals surface area contributed by atoms with E-state index < -0.39 is 24.4 Å².